The van der Waals surface area contributed by atoms with Crippen molar-refractivity contribution in [3.63, 3.8) is 0 Å². The number of hydrogen-bond acceptors (Lipinski definition) is 6. The molecule has 1 aliphatic rings. The number of fused-ring (bicyclic) bond motifs is 1. The molecule has 8 heteroatoms. The Bertz CT molecular complexity index is 1130. The molecular formula is C20H17N5O3. The molecule has 28 heavy (non-hydrogen) atoms. The minimum atomic E-state index is -0.315. The van der Waals surface area contributed by atoms with Crippen LogP contribution in [0.2, 0.25) is 0 Å². The first-order valence-electron chi connectivity index (χ1n) is 8.95. The highest BCUT2D eigenvalue weighted by Crippen LogP contribution is 2.22. The fourth-order valence-corrected chi connectivity index (χ4v) is 3.42. The number of piperidine rings is 1. The molecule has 8 nitrogen and oxygen atoms in total. The summed E-state index contributed by atoms with van der Waals surface area (Å²) in [7, 11) is 0. The predicted molar refractivity (Wildman–Crippen MR) is 101 cm³/mol. The summed E-state index contributed by atoms with van der Waals surface area (Å²) >= 11 is 0. The van der Waals surface area contributed by atoms with Crippen molar-refractivity contribution in [2.75, 3.05) is 13.1 Å². The van der Waals surface area contributed by atoms with E-state index in [-0.39, 0.29) is 29.1 Å². The Labute approximate surface area is 160 Å². The topological polar surface area (TPSA) is 112 Å². The minimum absolute atomic E-state index is 0.117. The summed E-state index contributed by atoms with van der Waals surface area (Å²) in [6.45, 7) is 0.923. The van der Waals surface area contributed by atoms with Crippen LogP contribution in [0.25, 0.3) is 10.9 Å². The number of carbonyl (C=O) groups is 1. The molecule has 0 spiro atoms. The van der Waals surface area contributed by atoms with E-state index in [0.717, 1.165) is 12.8 Å². The summed E-state index contributed by atoms with van der Waals surface area (Å²) in [5.41, 5.74) is 0.801. The highest BCUT2D eigenvalue weighted by Gasteiger charge is 2.27. The van der Waals surface area contributed by atoms with Gasteiger partial charge in [-0.3, -0.25) is 9.59 Å². The number of amides is 1. The van der Waals surface area contributed by atoms with Crippen LogP contribution in [0.4, 0.5) is 0 Å². The second-order valence-electron chi connectivity index (χ2n) is 6.55. The van der Waals surface area contributed by atoms with Gasteiger partial charge in [0, 0.05) is 35.9 Å². The Morgan fingerprint density at radius 3 is 2.96 bits per heavy atom. The lowest BCUT2D eigenvalue weighted by molar-refractivity contribution is 0.0527. The van der Waals surface area contributed by atoms with Crippen LogP contribution in [0.3, 0.4) is 0 Å². The van der Waals surface area contributed by atoms with Crippen LogP contribution in [0.5, 0.6) is 5.88 Å². The third-order valence-corrected chi connectivity index (χ3v) is 4.70. The van der Waals surface area contributed by atoms with Crippen molar-refractivity contribution in [3.8, 4) is 11.9 Å². The molecule has 1 aliphatic heterocycles. The third-order valence-electron chi connectivity index (χ3n) is 4.70. The zero-order valence-corrected chi connectivity index (χ0v) is 15.0. The maximum absolute atomic E-state index is 13.1. The maximum atomic E-state index is 13.1. The van der Waals surface area contributed by atoms with Gasteiger partial charge in [-0.25, -0.2) is 9.97 Å². The fourth-order valence-electron chi connectivity index (χ4n) is 3.42. The van der Waals surface area contributed by atoms with E-state index >= 15 is 0 Å². The molecular weight excluding hydrogens is 358 g/mol. The molecule has 0 saturated carbocycles. The Kier molecular flexibility index (Phi) is 4.72. The van der Waals surface area contributed by atoms with Crippen molar-refractivity contribution < 1.29 is 9.53 Å². The molecule has 1 aromatic carbocycles. The normalized spacial score (nSPS) is 16.5. The van der Waals surface area contributed by atoms with Gasteiger partial charge in [-0.05, 0) is 18.9 Å². The number of H-pyrrole nitrogens is 1. The minimum Gasteiger partial charge on any atom is -0.470 e. The van der Waals surface area contributed by atoms with Crippen LogP contribution in [-0.4, -0.2) is 45.0 Å². The lowest BCUT2D eigenvalue weighted by Gasteiger charge is -2.32. The van der Waals surface area contributed by atoms with E-state index < -0.39 is 0 Å². The summed E-state index contributed by atoms with van der Waals surface area (Å²) in [6, 6.07) is 10.5. The van der Waals surface area contributed by atoms with Crippen LogP contribution in [-0.2, 0) is 0 Å². The Morgan fingerprint density at radius 2 is 2.11 bits per heavy atom. The van der Waals surface area contributed by atoms with Gasteiger partial charge in [-0.2, -0.15) is 5.26 Å². The zero-order valence-electron chi connectivity index (χ0n) is 15.0. The average Bonchev–Trinajstić information content (AvgIpc) is 2.73. The monoisotopic (exact) mass is 375 g/mol. The summed E-state index contributed by atoms with van der Waals surface area (Å²) in [6.07, 6.45) is 4.08. The number of rotatable bonds is 3. The van der Waals surface area contributed by atoms with Crippen LogP contribution in [0.15, 0.2) is 47.5 Å². The Balaban J connectivity index is 1.58. The first-order chi connectivity index (χ1) is 13.7. The number of aromatic nitrogens is 3. The number of pyridine rings is 1. The molecule has 140 valence electrons. The SMILES string of the molecule is N#Cc1nccnc1O[C@@H]1CCCN(C(=O)c2cc(=O)[nH]c3ccccc23)C1. The fraction of sp³-hybridized carbons (Fsp3) is 0.250. The molecule has 1 fully saturated rings. The molecule has 2 aromatic heterocycles. The van der Waals surface area contributed by atoms with Gasteiger partial charge in [0.05, 0.1) is 12.1 Å². The summed E-state index contributed by atoms with van der Waals surface area (Å²) in [4.78, 5) is 37.5. The number of nitrogens with zero attached hydrogens (tertiary/aromatic N) is 4. The van der Waals surface area contributed by atoms with Gasteiger partial charge in [0.25, 0.3) is 11.8 Å². The number of aromatic amines is 1. The quantitative estimate of drug-likeness (QED) is 0.748. The molecule has 1 N–H and O–H groups in total. The average molecular weight is 375 g/mol. The van der Waals surface area contributed by atoms with Crippen molar-refractivity contribution in [2.24, 2.45) is 0 Å². The molecule has 1 saturated heterocycles. The number of carbonyl (C=O) groups excluding carboxylic acids is 1. The second kappa shape index (κ2) is 7.48. The van der Waals surface area contributed by atoms with Crippen LogP contribution < -0.4 is 10.3 Å². The van der Waals surface area contributed by atoms with Gasteiger partial charge in [0.1, 0.15) is 12.2 Å². The van der Waals surface area contributed by atoms with Gasteiger partial charge >= 0.3 is 0 Å². The lowest BCUT2D eigenvalue weighted by Crippen LogP contribution is -2.44. The first kappa shape index (κ1) is 17.7. The van der Waals surface area contributed by atoms with Crippen molar-refractivity contribution in [3.05, 3.63) is 64.3 Å². The number of nitriles is 1. The highest BCUT2D eigenvalue weighted by atomic mass is 16.5. The molecule has 1 amide bonds. The highest BCUT2D eigenvalue weighted by molar-refractivity contribution is 6.06. The van der Waals surface area contributed by atoms with E-state index in [1.165, 1.54) is 18.5 Å². The number of likely N-dealkylation sites (tertiary alicyclic amines) is 1. The summed E-state index contributed by atoms with van der Waals surface area (Å²) in [5, 5.41) is 9.84. The van der Waals surface area contributed by atoms with E-state index in [1.807, 2.05) is 24.3 Å². The van der Waals surface area contributed by atoms with E-state index in [4.69, 9.17) is 10.00 Å². The van der Waals surface area contributed by atoms with Crippen LogP contribution in [0, 0.1) is 11.3 Å². The van der Waals surface area contributed by atoms with Crippen molar-refractivity contribution in [1.82, 2.24) is 19.9 Å². The predicted octanol–water partition coefficient (Wildman–Crippen LogP) is 1.87. The van der Waals surface area contributed by atoms with Gasteiger partial charge in [-0.1, -0.05) is 18.2 Å². The van der Waals surface area contributed by atoms with Gasteiger partial charge in [0.15, 0.2) is 0 Å². The lowest BCUT2D eigenvalue weighted by atomic mass is 10.0. The van der Waals surface area contributed by atoms with Gasteiger partial charge in [0.2, 0.25) is 11.3 Å². The molecule has 0 bridgehead atoms. The van der Waals surface area contributed by atoms with Crippen LogP contribution in [0.1, 0.15) is 28.9 Å². The molecule has 4 rings (SSSR count). The largest absolute Gasteiger partial charge is 0.470 e. The van der Waals surface area contributed by atoms with E-state index in [0.29, 0.717) is 29.6 Å². The van der Waals surface area contributed by atoms with Gasteiger partial charge < -0.3 is 14.6 Å². The zero-order chi connectivity index (χ0) is 19.5. The molecule has 0 radical (unpaired) electrons. The van der Waals surface area contributed by atoms with E-state index in [9.17, 15) is 9.59 Å². The molecule has 1 atom stereocenters. The second-order valence-corrected chi connectivity index (χ2v) is 6.55. The Morgan fingerprint density at radius 1 is 1.29 bits per heavy atom. The number of hydrogen-bond donors (Lipinski definition) is 1. The summed E-state index contributed by atoms with van der Waals surface area (Å²) in [5.74, 6) is -0.0406. The smallest absolute Gasteiger partial charge is 0.254 e. The van der Waals surface area contributed by atoms with Crippen molar-refractivity contribution >= 4 is 16.8 Å². The molecule has 0 aliphatic carbocycles. The molecule has 3 aromatic rings. The van der Waals surface area contributed by atoms with Gasteiger partial charge in [-0.15, -0.1) is 0 Å². The van der Waals surface area contributed by atoms with Crippen molar-refractivity contribution in [1.29, 1.82) is 5.26 Å². The first-order valence-corrected chi connectivity index (χ1v) is 8.95. The van der Waals surface area contributed by atoms with Crippen LogP contribution >= 0.6 is 0 Å². The Hall–Kier alpha value is -3.73. The maximum Gasteiger partial charge on any atom is 0.254 e. The molecule has 0 unspecified atom stereocenters. The standard InChI is InChI=1S/C20H17N5O3/c21-11-17-19(23-8-7-22-17)28-13-4-3-9-25(12-13)20(27)15-10-18(26)24-16-6-2-1-5-14(15)16/h1-2,5-8,10,13H,3-4,9,12H2,(H,24,26)/t13-/m1/s1. The molecule has 3 heterocycles. The third kappa shape index (κ3) is 3.42. The van der Waals surface area contributed by atoms with E-state index in [1.54, 1.807) is 11.0 Å². The number of benzene rings is 1. The number of para-hydroxylation sites is 1. The van der Waals surface area contributed by atoms with E-state index in [2.05, 4.69) is 15.0 Å². The number of ether oxygens (including phenoxy) is 1. The number of nitrogens with one attached hydrogen (secondary N) is 1. The van der Waals surface area contributed by atoms with Crippen molar-refractivity contribution in [2.45, 2.75) is 18.9 Å². The summed E-state index contributed by atoms with van der Waals surface area (Å²) < 4.78 is 5.85.